The second kappa shape index (κ2) is 6.38. The summed E-state index contributed by atoms with van der Waals surface area (Å²) in [5.74, 6) is 2.47. The minimum atomic E-state index is -0.416. The average Bonchev–Trinajstić information content (AvgIpc) is 3.10. The summed E-state index contributed by atoms with van der Waals surface area (Å²) >= 11 is 0. The molecule has 3 fully saturated rings. The molecular weight excluding hydrogens is 276 g/mol. The number of nitrogens with one attached hydrogen (secondary N) is 2. The molecule has 5 unspecified atom stereocenters. The molecule has 3 aliphatic carbocycles. The average molecular weight is 308 g/mol. The number of carbonyl (C=O) groups excluding carboxylic acids is 1. The highest BCUT2D eigenvalue weighted by Crippen LogP contribution is 2.45. The van der Waals surface area contributed by atoms with E-state index in [0.717, 1.165) is 24.4 Å². The van der Waals surface area contributed by atoms with E-state index < -0.39 is 5.60 Å². The zero-order valence-electron chi connectivity index (χ0n) is 14.4. The lowest BCUT2D eigenvalue weighted by Crippen LogP contribution is -2.46. The maximum absolute atomic E-state index is 11.8. The zero-order valence-corrected chi connectivity index (χ0v) is 14.4. The van der Waals surface area contributed by atoms with Gasteiger partial charge in [0.05, 0.1) is 0 Å². The SMILES string of the molecule is CC(C)(C)OC(=O)NCC1CCCC1NC1CC2CCC1C2. The molecule has 1 amide bonds. The highest BCUT2D eigenvalue weighted by Gasteiger charge is 2.41. The van der Waals surface area contributed by atoms with Crippen molar-refractivity contribution in [3.05, 3.63) is 0 Å². The third-order valence-electron chi connectivity index (χ3n) is 5.73. The van der Waals surface area contributed by atoms with Gasteiger partial charge in [-0.1, -0.05) is 12.8 Å². The van der Waals surface area contributed by atoms with E-state index >= 15 is 0 Å². The van der Waals surface area contributed by atoms with Gasteiger partial charge in [-0.05, 0) is 70.6 Å². The lowest BCUT2D eigenvalue weighted by atomic mass is 9.93. The lowest BCUT2D eigenvalue weighted by molar-refractivity contribution is 0.0516. The molecule has 0 aromatic heterocycles. The molecule has 22 heavy (non-hydrogen) atoms. The van der Waals surface area contributed by atoms with E-state index in [-0.39, 0.29) is 6.09 Å². The Labute approximate surface area is 134 Å². The number of fused-ring (bicyclic) bond motifs is 2. The van der Waals surface area contributed by atoms with Gasteiger partial charge in [0.2, 0.25) is 0 Å². The third-order valence-corrected chi connectivity index (χ3v) is 5.73. The maximum Gasteiger partial charge on any atom is 0.407 e. The molecule has 0 radical (unpaired) electrons. The fourth-order valence-electron chi connectivity index (χ4n) is 4.75. The van der Waals surface area contributed by atoms with Gasteiger partial charge in [0.15, 0.2) is 0 Å². The second-order valence-corrected chi connectivity index (χ2v) is 8.63. The van der Waals surface area contributed by atoms with Crippen molar-refractivity contribution in [2.75, 3.05) is 6.54 Å². The van der Waals surface area contributed by atoms with Crippen LogP contribution in [0.25, 0.3) is 0 Å². The Bertz CT molecular complexity index is 404. The van der Waals surface area contributed by atoms with Crippen LogP contribution in [0.15, 0.2) is 0 Å². The number of ether oxygens (including phenoxy) is 1. The highest BCUT2D eigenvalue weighted by atomic mass is 16.6. The molecule has 2 N–H and O–H groups in total. The van der Waals surface area contributed by atoms with Crippen molar-refractivity contribution in [2.45, 2.75) is 83.4 Å². The number of hydrogen-bond acceptors (Lipinski definition) is 3. The third kappa shape index (κ3) is 3.95. The fourth-order valence-corrected chi connectivity index (χ4v) is 4.75. The van der Waals surface area contributed by atoms with Crippen molar-refractivity contribution in [1.29, 1.82) is 0 Å². The molecule has 3 saturated carbocycles. The van der Waals surface area contributed by atoms with Crippen LogP contribution in [0.1, 0.15) is 65.7 Å². The van der Waals surface area contributed by atoms with Gasteiger partial charge in [-0.25, -0.2) is 4.79 Å². The van der Waals surface area contributed by atoms with Crippen molar-refractivity contribution in [2.24, 2.45) is 17.8 Å². The largest absolute Gasteiger partial charge is 0.444 e. The first kappa shape index (κ1) is 16.1. The molecule has 5 atom stereocenters. The number of amides is 1. The van der Waals surface area contributed by atoms with Crippen molar-refractivity contribution >= 4 is 6.09 Å². The summed E-state index contributed by atoms with van der Waals surface area (Å²) < 4.78 is 5.34. The standard InChI is InChI=1S/C18H32N2O2/c1-18(2,3)22-17(21)19-11-14-5-4-6-15(14)20-16-10-12-7-8-13(16)9-12/h12-16,20H,4-11H2,1-3H3,(H,19,21). The Kier molecular flexibility index (Phi) is 4.67. The molecule has 0 aromatic rings. The Morgan fingerprint density at radius 3 is 2.55 bits per heavy atom. The van der Waals surface area contributed by atoms with Gasteiger partial charge in [0.1, 0.15) is 5.60 Å². The van der Waals surface area contributed by atoms with Crippen LogP contribution in [0.5, 0.6) is 0 Å². The van der Waals surface area contributed by atoms with Gasteiger partial charge in [0, 0.05) is 18.6 Å². The molecule has 4 nitrogen and oxygen atoms in total. The van der Waals surface area contributed by atoms with Gasteiger partial charge < -0.3 is 15.4 Å². The highest BCUT2D eigenvalue weighted by molar-refractivity contribution is 5.67. The summed E-state index contributed by atoms with van der Waals surface area (Å²) in [6.45, 7) is 6.46. The van der Waals surface area contributed by atoms with E-state index in [1.807, 2.05) is 20.8 Å². The molecule has 126 valence electrons. The van der Waals surface area contributed by atoms with E-state index in [1.54, 1.807) is 0 Å². The smallest absolute Gasteiger partial charge is 0.407 e. The molecule has 3 rings (SSSR count). The van der Waals surface area contributed by atoms with E-state index in [9.17, 15) is 4.79 Å². The molecule has 0 heterocycles. The van der Waals surface area contributed by atoms with Crippen LogP contribution in [-0.4, -0.2) is 30.3 Å². The predicted octanol–water partition coefficient (Wildman–Crippen LogP) is 3.46. The van der Waals surface area contributed by atoms with Crippen LogP contribution in [-0.2, 0) is 4.74 Å². The van der Waals surface area contributed by atoms with E-state index in [1.165, 1.54) is 44.9 Å². The second-order valence-electron chi connectivity index (χ2n) is 8.63. The summed E-state index contributed by atoms with van der Waals surface area (Å²) in [5, 5.41) is 6.91. The summed E-state index contributed by atoms with van der Waals surface area (Å²) in [6.07, 6.45) is 9.19. The molecule has 3 aliphatic rings. The maximum atomic E-state index is 11.8. The van der Waals surface area contributed by atoms with E-state index in [0.29, 0.717) is 12.0 Å². The normalized spacial score (nSPS) is 37.5. The van der Waals surface area contributed by atoms with Crippen LogP contribution in [0.3, 0.4) is 0 Å². The predicted molar refractivity (Wildman–Crippen MR) is 87.7 cm³/mol. The first-order valence-corrected chi connectivity index (χ1v) is 9.13. The number of carbonyl (C=O) groups is 1. The van der Waals surface area contributed by atoms with Crippen molar-refractivity contribution < 1.29 is 9.53 Å². The van der Waals surface area contributed by atoms with Crippen LogP contribution in [0, 0.1) is 17.8 Å². The summed E-state index contributed by atoms with van der Waals surface area (Å²) in [6, 6.07) is 1.32. The molecule has 0 saturated heterocycles. The fraction of sp³-hybridized carbons (Fsp3) is 0.944. The summed E-state index contributed by atoms with van der Waals surface area (Å²) in [4.78, 5) is 11.8. The van der Waals surface area contributed by atoms with E-state index in [4.69, 9.17) is 4.74 Å². The van der Waals surface area contributed by atoms with Gasteiger partial charge in [-0.2, -0.15) is 0 Å². The van der Waals surface area contributed by atoms with Crippen LogP contribution in [0.2, 0.25) is 0 Å². The first-order valence-electron chi connectivity index (χ1n) is 9.13. The summed E-state index contributed by atoms with van der Waals surface area (Å²) in [7, 11) is 0. The van der Waals surface area contributed by atoms with Gasteiger partial charge >= 0.3 is 6.09 Å². The van der Waals surface area contributed by atoms with Crippen LogP contribution in [0.4, 0.5) is 4.79 Å². The summed E-state index contributed by atoms with van der Waals surface area (Å²) in [5.41, 5.74) is -0.416. The minimum Gasteiger partial charge on any atom is -0.444 e. The Morgan fingerprint density at radius 2 is 1.91 bits per heavy atom. The number of rotatable bonds is 4. The number of alkyl carbamates (subject to hydrolysis) is 1. The minimum absolute atomic E-state index is 0.280. The molecule has 0 aliphatic heterocycles. The topological polar surface area (TPSA) is 50.4 Å². The lowest BCUT2D eigenvalue weighted by Gasteiger charge is -2.30. The molecule has 0 aromatic carbocycles. The van der Waals surface area contributed by atoms with Crippen LogP contribution < -0.4 is 10.6 Å². The zero-order chi connectivity index (χ0) is 15.7. The Balaban J connectivity index is 1.44. The quantitative estimate of drug-likeness (QED) is 0.836. The van der Waals surface area contributed by atoms with Crippen molar-refractivity contribution in [1.82, 2.24) is 10.6 Å². The Morgan fingerprint density at radius 1 is 1.09 bits per heavy atom. The number of hydrogen-bond donors (Lipinski definition) is 2. The molecule has 0 spiro atoms. The molecule has 2 bridgehead atoms. The van der Waals surface area contributed by atoms with Crippen molar-refractivity contribution in [3.63, 3.8) is 0 Å². The van der Waals surface area contributed by atoms with Crippen molar-refractivity contribution in [3.8, 4) is 0 Å². The Hall–Kier alpha value is -0.770. The van der Waals surface area contributed by atoms with Gasteiger partial charge in [0.25, 0.3) is 0 Å². The first-order chi connectivity index (χ1) is 10.4. The van der Waals surface area contributed by atoms with Gasteiger partial charge in [-0.3, -0.25) is 0 Å². The van der Waals surface area contributed by atoms with Gasteiger partial charge in [-0.15, -0.1) is 0 Å². The molecular formula is C18H32N2O2. The molecule has 4 heteroatoms. The van der Waals surface area contributed by atoms with Crippen LogP contribution >= 0.6 is 0 Å². The van der Waals surface area contributed by atoms with E-state index in [2.05, 4.69) is 10.6 Å². The monoisotopic (exact) mass is 308 g/mol.